The number of aliphatic hydroxyl groups excluding tert-OH is 1. The third-order valence-electron chi connectivity index (χ3n) is 2.47. The Morgan fingerprint density at radius 1 is 1.57 bits per heavy atom. The standard InChI is InChI=1S/C10H18N2OS/c1-6(2)8(4-11)10(13)9-5-14-7(3)12-9/h5-6,8,10,13H,4,11H2,1-3H3. The van der Waals surface area contributed by atoms with Gasteiger partial charge in [-0.05, 0) is 19.4 Å². The molecule has 4 heteroatoms. The molecule has 3 nitrogen and oxygen atoms in total. The molecule has 80 valence electrons. The Hall–Kier alpha value is -0.450. The predicted molar refractivity (Wildman–Crippen MR) is 59.2 cm³/mol. The lowest BCUT2D eigenvalue weighted by Crippen LogP contribution is -2.26. The van der Waals surface area contributed by atoms with Crippen LogP contribution < -0.4 is 5.73 Å². The van der Waals surface area contributed by atoms with Crippen LogP contribution in [0.2, 0.25) is 0 Å². The molecule has 1 heterocycles. The van der Waals surface area contributed by atoms with Crippen LogP contribution in [0.25, 0.3) is 0 Å². The molecule has 3 N–H and O–H groups in total. The Morgan fingerprint density at radius 3 is 2.57 bits per heavy atom. The number of aromatic nitrogens is 1. The Balaban J connectivity index is 2.77. The van der Waals surface area contributed by atoms with Crippen molar-refractivity contribution in [2.45, 2.75) is 26.9 Å². The van der Waals surface area contributed by atoms with Gasteiger partial charge in [-0.25, -0.2) is 4.98 Å². The van der Waals surface area contributed by atoms with E-state index in [-0.39, 0.29) is 5.92 Å². The quantitative estimate of drug-likeness (QED) is 0.802. The second-order valence-electron chi connectivity index (χ2n) is 3.88. The van der Waals surface area contributed by atoms with E-state index in [1.165, 1.54) is 0 Å². The zero-order valence-electron chi connectivity index (χ0n) is 8.90. The van der Waals surface area contributed by atoms with Gasteiger partial charge in [0.05, 0.1) is 10.7 Å². The first-order valence-electron chi connectivity index (χ1n) is 4.86. The van der Waals surface area contributed by atoms with Gasteiger partial charge in [0.1, 0.15) is 6.10 Å². The van der Waals surface area contributed by atoms with Gasteiger partial charge < -0.3 is 10.8 Å². The van der Waals surface area contributed by atoms with Crippen LogP contribution in [0.3, 0.4) is 0 Å². The molecule has 2 unspecified atom stereocenters. The number of hydrogen-bond acceptors (Lipinski definition) is 4. The molecular weight excluding hydrogens is 196 g/mol. The summed E-state index contributed by atoms with van der Waals surface area (Å²) in [6.45, 7) is 6.57. The summed E-state index contributed by atoms with van der Waals surface area (Å²) in [6, 6.07) is 0. The lowest BCUT2D eigenvalue weighted by molar-refractivity contribution is 0.0828. The molecular formula is C10H18N2OS. The van der Waals surface area contributed by atoms with E-state index < -0.39 is 6.10 Å². The summed E-state index contributed by atoms with van der Waals surface area (Å²) in [5, 5.41) is 12.9. The molecule has 0 spiro atoms. The van der Waals surface area contributed by atoms with E-state index in [0.29, 0.717) is 12.5 Å². The minimum absolute atomic E-state index is 0.0940. The molecule has 0 aliphatic carbocycles. The van der Waals surface area contributed by atoms with Crippen LogP contribution in [0.5, 0.6) is 0 Å². The molecule has 14 heavy (non-hydrogen) atoms. The molecule has 2 atom stereocenters. The van der Waals surface area contributed by atoms with Crippen molar-refractivity contribution in [3.8, 4) is 0 Å². The molecule has 0 fully saturated rings. The summed E-state index contributed by atoms with van der Waals surface area (Å²) in [5.74, 6) is 0.466. The minimum Gasteiger partial charge on any atom is -0.386 e. The van der Waals surface area contributed by atoms with Crippen molar-refractivity contribution >= 4 is 11.3 Å². The summed E-state index contributed by atoms with van der Waals surface area (Å²) in [4.78, 5) is 4.27. The van der Waals surface area contributed by atoms with Gasteiger partial charge in [-0.15, -0.1) is 11.3 Å². The second-order valence-corrected chi connectivity index (χ2v) is 4.94. The number of hydrogen-bond donors (Lipinski definition) is 2. The normalized spacial score (nSPS) is 15.9. The molecule has 0 aliphatic rings. The van der Waals surface area contributed by atoms with Gasteiger partial charge in [0.15, 0.2) is 0 Å². The Morgan fingerprint density at radius 2 is 2.21 bits per heavy atom. The van der Waals surface area contributed by atoms with Crippen molar-refractivity contribution in [2.75, 3.05) is 6.54 Å². The van der Waals surface area contributed by atoms with Crippen LogP contribution in [0, 0.1) is 18.8 Å². The highest BCUT2D eigenvalue weighted by molar-refractivity contribution is 7.09. The molecule has 0 amide bonds. The van der Waals surface area contributed by atoms with E-state index in [0.717, 1.165) is 10.7 Å². The first-order chi connectivity index (χ1) is 6.56. The third-order valence-corrected chi connectivity index (χ3v) is 3.27. The van der Waals surface area contributed by atoms with Crippen molar-refractivity contribution in [1.29, 1.82) is 0 Å². The Kier molecular flexibility index (Phi) is 4.04. The number of rotatable bonds is 4. The monoisotopic (exact) mass is 214 g/mol. The lowest BCUT2D eigenvalue weighted by atomic mass is 9.89. The molecule has 0 saturated carbocycles. The van der Waals surface area contributed by atoms with Gasteiger partial charge in [0, 0.05) is 11.3 Å². The summed E-state index contributed by atoms with van der Waals surface area (Å²) < 4.78 is 0. The van der Waals surface area contributed by atoms with Crippen LogP contribution in [0.4, 0.5) is 0 Å². The number of nitrogens with zero attached hydrogens (tertiary/aromatic N) is 1. The number of nitrogens with two attached hydrogens (primary N) is 1. The van der Waals surface area contributed by atoms with Crippen LogP contribution in [0.15, 0.2) is 5.38 Å². The molecule has 1 aromatic heterocycles. The van der Waals surface area contributed by atoms with E-state index in [4.69, 9.17) is 5.73 Å². The summed E-state index contributed by atoms with van der Waals surface area (Å²) in [5.41, 5.74) is 6.40. The summed E-state index contributed by atoms with van der Waals surface area (Å²) in [6.07, 6.45) is -0.523. The fourth-order valence-corrected chi connectivity index (χ4v) is 2.14. The van der Waals surface area contributed by atoms with Crippen LogP contribution >= 0.6 is 11.3 Å². The highest BCUT2D eigenvalue weighted by Crippen LogP contribution is 2.27. The van der Waals surface area contributed by atoms with Crippen molar-refractivity contribution < 1.29 is 5.11 Å². The first-order valence-corrected chi connectivity index (χ1v) is 5.74. The Labute approximate surface area is 89.0 Å². The molecule has 0 saturated heterocycles. The summed E-state index contributed by atoms with van der Waals surface area (Å²) in [7, 11) is 0. The van der Waals surface area contributed by atoms with Crippen molar-refractivity contribution in [3.05, 3.63) is 16.1 Å². The molecule has 0 aromatic carbocycles. The molecule has 0 bridgehead atoms. The fourth-order valence-electron chi connectivity index (χ4n) is 1.50. The van der Waals surface area contributed by atoms with E-state index in [1.54, 1.807) is 11.3 Å². The molecule has 1 rings (SSSR count). The summed E-state index contributed by atoms with van der Waals surface area (Å²) >= 11 is 1.56. The van der Waals surface area contributed by atoms with Gasteiger partial charge in [0.25, 0.3) is 0 Å². The van der Waals surface area contributed by atoms with Gasteiger partial charge in [-0.2, -0.15) is 0 Å². The third kappa shape index (κ3) is 2.53. The van der Waals surface area contributed by atoms with E-state index >= 15 is 0 Å². The van der Waals surface area contributed by atoms with Gasteiger partial charge in [-0.1, -0.05) is 13.8 Å². The van der Waals surface area contributed by atoms with E-state index in [9.17, 15) is 5.11 Å². The SMILES string of the molecule is Cc1nc(C(O)C(CN)C(C)C)cs1. The average molecular weight is 214 g/mol. The second kappa shape index (κ2) is 4.87. The van der Waals surface area contributed by atoms with Crippen molar-refractivity contribution in [2.24, 2.45) is 17.6 Å². The average Bonchev–Trinajstić information content (AvgIpc) is 2.52. The topological polar surface area (TPSA) is 59.1 Å². The highest BCUT2D eigenvalue weighted by Gasteiger charge is 2.24. The largest absolute Gasteiger partial charge is 0.386 e. The number of thiazole rings is 1. The van der Waals surface area contributed by atoms with Gasteiger partial charge >= 0.3 is 0 Å². The molecule has 1 aromatic rings. The number of aliphatic hydroxyl groups is 1. The zero-order valence-corrected chi connectivity index (χ0v) is 9.71. The van der Waals surface area contributed by atoms with Crippen molar-refractivity contribution in [3.63, 3.8) is 0 Å². The van der Waals surface area contributed by atoms with Gasteiger partial charge in [0.2, 0.25) is 0 Å². The van der Waals surface area contributed by atoms with Crippen LogP contribution in [-0.2, 0) is 0 Å². The maximum atomic E-state index is 10.0. The van der Waals surface area contributed by atoms with E-state index in [1.807, 2.05) is 12.3 Å². The fraction of sp³-hybridized carbons (Fsp3) is 0.700. The predicted octanol–water partition coefficient (Wildman–Crippen LogP) is 1.72. The zero-order chi connectivity index (χ0) is 10.7. The van der Waals surface area contributed by atoms with Gasteiger partial charge in [-0.3, -0.25) is 0 Å². The maximum Gasteiger partial charge on any atom is 0.101 e. The van der Waals surface area contributed by atoms with Crippen molar-refractivity contribution in [1.82, 2.24) is 4.98 Å². The maximum absolute atomic E-state index is 10.0. The van der Waals surface area contributed by atoms with E-state index in [2.05, 4.69) is 18.8 Å². The molecule has 0 radical (unpaired) electrons. The Bertz CT molecular complexity index is 285. The first kappa shape index (κ1) is 11.6. The highest BCUT2D eigenvalue weighted by atomic mass is 32.1. The smallest absolute Gasteiger partial charge is 0.101 e. The number of aryl methyl sites for hydroxylation is 1. The molecule has 0 aliphatic heterocycles. The lowest BCUT2D eigenvalue weighted by Gasteiger charge is -2.23. The van der Waals surface area contributed by atoms with Crippen LogP contribution in [0.1, 0.15) is 30.7 Å². The minimum atomic E-state index is -0.523. The van der Waals surface area contributed by atoms with Crippen LogP contribution in [-0.4, -0.2) is 16.6 Å².